The number of ether oxygens (including phenoxy) is 6. The van der Waals surface area contributed by atoms with Crippen molar-refractivity contribution in [3.05, 3.63) is 121 Å². The van der Waals surface area contributed by atoms with Crippen molar-refractivity contribution in [2.24, 2.45) is 11.8 Å². The molecule has 4 aromatic carbocycles. The molecule has 2 saturated heterocycles. The number of methoxy groups -OCH3 is 4. The van der Waals surface area contributed by atoms with Crippen molar-refractivity contribution in [3.63, 3.8) is 0 Å². The second-order valence-corrected chi connectivity index (χ2v) is 28.0. The number of carbonyl (C=O) groups is 1. The minimum absolute atomic E-state index is 0.00470. The molecule has 4 fully saturated rings. The highest BCUT2D eigenvalue weighted by Crippen LogP contribution is 2.58. The standard InChI is InChI=1S/C25H32F2O4Si.C25H32O5Si/c1-23(2,3)32(18-12-8-6-9-13-18,19-14-10-7-11-15-19)30-17-24-16-25(26,27)20(21(24)28-4)22(29-5)31-24;1-24(2,3)31(18-12-8-6-9-13-18,19-14-10-7-11-15-19)29-17-25-16-20(26)21(22(25)27-4)23(28-5)30-25/h6-15,20-22H,16-17H2,1-5H3;6-15,21-23H,16-17H2,1-5H3/t20-,21+,22?,24-;21-,22+,23?,25-/m11/s1. The topological polar surface area (TPSA) is 90.9 Å². The van der Waals surface area contributed by atoms with Crippen LogP contribution in [0.5, 0.6) is 0 Å². The van der Waals surface area contributed by atoms with Gasteiger partial charge in [0.15, 0.2) is 12.6 Å². The summed E-state index contributed by atoms with van der Waals surface area (Å²) in [6, 6.07) is 41.2. The highest BCUT2D eigenvalue weighted by atomic mass is 28.4. The number of halogens is 2. The van der Waals surface area contributed by atoms with Gasteiger partial charge in [-0.05, 0) is 30.8 Å². The number of ketones is 1. The summed E-state index contributed by atoms with van der Waals surface area (Å²) >= 11 is 0. The van der Waals surface area contributed by atoms with Gasteiger partial charge >= 0.3 is 0 Å². The summed E-state index contributed by atoms with van der Waals surface area (Å²) in [5.41, 5.74) is -2.10. The molecule has 2 unspecified atom stereocenters. The molecule has 2 aliphatic carbocycles. The first-order valence-corrected chi connectivity index (χ1v) is 25.6. The Kier molecular flexibility index (Phi) is 13.6. The Morgan fingerprint density at radius 1 is 0.556 bits per heavy atom. The van der Waals surface area contributed by atoms with Crippen molar-refractivity contribution in [1.82, 2.24) is 0 Å². The van der Waals surface area contributed by atoms with Crippen molar-refractivity contribution in [1.29, 1.82) is 0 Å². The van der Waals surface area contributed by atoms with Crippen LogP contribution in [-0.2, 0) is 42.1 Å². The Bertz CT molecular complexity index is 2060. The van der Waals surface area contributed by atoms with Crippen LogP contribution in [0.15, 0.2) is 121 Å². The van der Waals surface area contributed by atoms with E-state index in [-0.39, 0.29) is 41.6 Å². The number of rotatable bonds is 14. The van der Waals surface area contributed by atoms with Crippen LogP contribution in [0.4, 0.5) is 8.78 Å². The molecule has 4 aliphatic rings. The summed E-state index contributed by atoms with van der Waals surface area (Å²) in [5, 5.41) is 4.14. The molecule has 2 saturated carbocycles. The Labute approximate surface area is 373 Å². The molecule has 340 valence electrons. The van der Waals surface area contributed by atoms with Crippen LogP contribution in [0.25, 0.3) is 0 Å². The monoisotopic (exact) mass is 902 g/mol. The van der Waals surface area contributed by atoms with Gasteiger partial charge in [-0.3, -0.25) is 4.79 Å². The van der Waals surface area contributed by atoms with E-state index in [1.165, 1.54) is 24.6 Å². The maximum Gasteiger partial charge on any atom is 0.261 e. The van der Waals surface area contributed by atoms with Gasteiger partial charge in [0.25, 0.3) is 22.6 Å². The van der Waals surface area contributed by atoms with Gasteiger partial charge in [0.1, 0.15) is 35.1 Å². The number of fused-ring (bicyclic) bond motifs is 4. The van der Waals surface area contributed by atoms with E-state index in [2.05, 4.69) is 114 Å². The minimum atomic E-state index is -2.95. The van der Waals surface area contributed by atoms with Gasteiger partial charge in [0.05, 0.1) is 19.1 Å². The molecule has 4 bridgehead atoms. The predicted molar refractivity (Wildman–Crippen MR) is 244 cm³/mol. The zero-order chi connectivity index (χ0) is 45.5. The van der Waals surface area contributed by atoms with Gasteiger partial charge < -0.3 is 37.3 Å². The van der Waals surface area contributed by atoms with E-state index in [0.717, 1.165) is 10.4 Å². The molecule has 0 radical (unpaired) electrons. The molecule has 0 N–H and O–H groups in total. The summed E-state index contributed by atoms with van der Waals surface area (Å²) in [6.07, 6.45) is -2.95. The van der Waals surface area contributed by atoms with Crippen LogP contribution >= 0.6 is 0 Å². The van der Waals surface area contributed by atoms with Crippen molar-refractivity contribution < 1.29 is 50.8 Å². The number of hydrogen-bond acceptors (Lipinski definition) is 9. The number of hydrogen-bond donors (Lipinski definition) is 0. The number of carbonyl (C=O) groups excluding carboxylic acids is 1. The highest BCUT2D eigenvalue weighted by molar-refractivity contribution is 7.00. The number of alkyl halides is 2. The van der Waals surface area contributed by atoms with E-state index in [9.17, 15) is 13.6 Å². The smallest absolute Gasteiger partial charge is 0.261 e. The lowest BCUT2D eigenvalue weighted by Crippen LogP contribution is -2.68. The number of benzene rings is 4. The van der Waals surface area contributed by atoms with E-state index in [4.69, 9.17) is 37.3 Å². The Morgan fingerprint density at radius 2 is 0.921 bits per heavy atom. The van der Waals surface area contributed by atoms with Gasteiger partial charge in [-0.15, -0.1) is 0 Å². The number of Topliss-reactive ketones (excluding diaryl/α,β-unsaturated/α-hetero) is 1. The molecule has 0 amide bonds. The van der Waals surface area contributed by atoms with Crippen LogP contribution in [0.1, 0.15) is 54.4 Å². The lowest BCUT2D eigenvalue weighted by molar-refractivity contribution is -0.251. The third-order valence-corrected chi connectivity index (χ3v) is 23.7. The zero-order valence-electron chi connectivity index (χ0n) is 38.3. The van der Waals surface area contributed by atoms with Crippen molar-refractivity contribution in [3.8, 4) is 0 Å². The molecule has 2 heterocycles. The van der Waals surface area contributed by atoms with Crippen molar-refractivity contribution >= 4 is 43.2 Å². The molecule has 0 aromatic heterocycles. The summed E-state index contributed by atoms with van der Waals surface area (Å²) < 4.78 is 78.4. The van der Waals surface area contributed by atoms with E-state index < -0.39 is 70.7 Å². The average molecular weight is 903 g/mol. The fourth-order valence-corrected chi connectivity index (χ4v) is 20.3. The van der Waals surface area contributed by atoms with Crippen molar-refractivity contribution in [2.75, 3.05) is 41.7 Å². The molecular weight excluding hydrogens is 839 g/mol. The third kappa shape index (κ3) is 8.14. The Hall–Kier alpha value is -3.48. The normalized spacial score (nSPS) is 28.9. The lowest BCUT2D eigenvalue weighted by atomic mass is 10.0. The van der Waals surface area contributed by atoms with Crippen LogP contribution in [-0.4, -0.2) is 106 Å². The summed E-state index contributed by atoms with van der Waals surface area (Å²) in [4.78, 5) is 12.8. The Morgan fingerprint density at radius 3 is 1.27 bits per heavy atom. The minimum Gasteiger partial charge on any atom is -0.404 e. The molecule has 63 heavy (non-hydrogen) atoms. The van der Waals surface area contributed by atoms with Crippen LogP contribution in [0, 0.1) is 11.8 Å². The fourth-order valence-electron chi connectivity index (χ4n) is 11.1. The van der Waals surface area contributed by atoms with E-state index in [0.29, 0.717) is 0 Å². The second-order valence-electron chi connectivity index (χ2n) is 19.4. The van der Waals surface area contributed by atoms with Gasteiger partial charge in [-0.25, -0.2) is 8.78 Å². The highest BCUT2D eigenvalue weighted by Gasteiger charge is 2.74. The van der Waals surface area contributed by atoms with E-state index >= 15 is 0 Å². The van der Waals surface area contributed by atoms with Crippen LogP contribution in [0.3, 0.4) is 0 Å². The molecular formula is C50H64F2O9Si2. The molecule has 0 spiro atoms. The summed E-state index contributed by atoms with van der Waals surface area (Å²) in [7, 11) is 0.406. The SMILES string of the molecule is COC1O[C@@]2(CO[Si](c3ccccc3)(c3ccccc3)C(C)(C)C)CC(=O)[C@@H]1[C@@H]2OC.COC1O[C@@]2(CO[Si](c3ccccc3)(c3ccccc3)C(C)(C)C)CC(F)(F)[C@@H]1[C@@H]2OC. The molecule has 13 heteroatoms. The molecule has 8 rings (SSSR count). The lowest BCUT2D eigenvalue weighted by Gasteiger charge is -2.45. The van der Waals surface area contributed by atoms with Gasteiger partial charge in [0, 0.05) is 41.3 Å². The third-order valence-electron chi connectivity index (χ3n) is 13.7. The van der Waals surface area contributed by atoms with Gasteiger partial charge in [-0.2, -0.15) is 0 Å². The van der Waals surface area contributed by atoms with Gasteiger partial charge in [0.2, 0.25) is 0 Å². The largest absolute Gasteiger partial charge is 0.404 e. The zero-order valence-corrected chi connectivity index (χ0v) is 40.3. The fraction of sp³-hybridized carbons (Fsp3) is 0.500. The molecule has 2 aliphatic heterocycles. The maximum atomic E-state index is 15.0. The summed E-state index contributed by atoms with van der Waals surface area (Å²) in [5.74, 6) is -4.39. The predicted octanol–water partition coefficient (Wildman–Crippen LogP) is 6.88. The Balaban J connectivity index is 0.000000189. The van der Waals surface area contributed by atoms with E-state index in [1.807, 2.05) is 48.5 Å². The molecule has 8 atom stereocenters. The van der Waals surface area contributed by atoms with Crippen molar-refractivity contribution in [2.45, 2.75) is 106 Å². The average Bonchev–Trinajstić information content (AvgIpc) is 3.93. The first kappa shape index (κ1) is 47.5. The van der Waals surface area contributed by atoms with Crippen LogP contribution in [0.2, 0.25) is 10.1 Å². The van der Waals surface area contributed by atoms with Gasteiger partial charge in [-0.1, -0.05) is 163 Å². The maximum absolute atomic E-state index is 15.0. The molecule has 4 aromatic rings. The van der Waals surface area contributed by atoms with Crippen LogP contribution < -0.4 is 20.7 Å². The quantitative estimate of drug-likeness (QED) is 0.126. The second kappa shape index (κ2) is 18.1. The summed E-state index contributed by atoms with van der Waals surface area (Å²) in [6.45, 7) is 13.5. The van der Waals surface area contributed by atoms with E-state index in [1.54, 1.807) is 14.2 Å². The first-order valence-electron chi connectivity index (χ1n) is 21.8. The first-order chi connectivity index (χ1) is 29.9. The molecule has 9 nitrogen and oxygen atoms in total.